The van der Waals surface area contributed by atoms with Crippen LogP contribution in [0.4, 0.5) is 5.69 Å². The van der Waals surface area contributed by atoms with E-state index in [4.69, 9.17) is 5.73 Å². The molecule has 0 bridgehead atoms. The van der Waals surface area contributed by atoms with Gasteiger partial charge in [-0.05, 0) is 30.5 Å². The Kier molecular flexibility index (Phi) is 5.91. The largest absolute Gasteiger partial charge is 0.333 e. The smallest absolute Gasteiger partial charge is 0.249 e. The fraction of sp³-hybridized carbons (Fsp3) is 0.364. The number of likely N-dealkylation sites (N-methyl/N-ethyl adjacent to an activating group) is 1. The van der Waals surface area contributed by atoms with Crippen molar-refractivity contribution in [1.29, 1.82) is 0 Å². The third-order valence-electron chi connectivity index (χ3n) is 5.41. The van der Waals surface area contributed by atoms with Crippen LogP contribution in [0.2, 0.25) is 0 Å². The number of para-hydroxylation sites is 1. The molecule has 1 aliphatic rings. The van der Waals surface area contributed by atoms with Crippen molar-refractivity contribution in [3.8, 4) is 0 Å². The molecule has 0 aromatic heterocycles. The van der Waals surface area contributed by atoms with Gasteiger partial charge in [-0.2, -0.15) is 0 Å². The molecule has 0 radical (unpaired) electrons. The lowest BCUT2D eigenvalue weighted by atomic mass is 9.93. The fourth-order valence-electron chi connectivity index (χ4n) is 3.67. The first-order valence-corrected chi connectivity index (χ1v) is 9.44. The van der Waals surface area contributed by atoms with Gasteiger partial charge in [0, 0.05) is 25.3 Å². The van der Waals surface area contributed by atoms with Crippen molar-refractivity contribution in [3.63, 3.8) is 0 Å². The Bertz CT molecular complexity index is 779. The normalized spacial score (nSPS) is 19.4. The van der Waals surface area contributed by atoms with E-state index in [1.807, 2.05) is 67.6 Å². The molecular weight excluding hydrogens is 338 g/mol. The Hall–Kier alpha value is -2.66. The van der Waals surface area contributed by atoms with Crippen LogP contribution in [0.5, 0.6) is 0 Å². The molecule has 2 aromatic rings. The van der Waals surface area contributed by atoms with E-state index in [0.29, 0.717) is 13.0 Å². The predicted octanol–water partition coefficient (Wildman–Crippen LogP) is 2.98. The topological polar surface area (TPSA) is 66.6 Å². The molecule has 2 amide bonds. The molecule has 27 heavy (non-hydrogen) atoms. The Labute approximate surface area is 160 Å². The maximum absolute atomic E-state index is 13.0. The van der Waals surface area contributed by atoms with E-state index < -0.39 is 18.0 Å². The number of anilines is 1. The minimum absolute atomic E-state index is 0.0243. The maximum Gasteiger partial charge on any atom is 0.249 e. The van der Waals surface area contributed by atoms with E-state index in [9.17, 15) is 9.59 Å². The lowest BCUT2D eigenvalue weighted by molar-refractivity contribution is -0.142. The van der Waals surface area contributed by atoms with Gasteiger partial charge in [-0.3, -0.25) is 9.59 Å². The highest BCUT2D eigenvalue weighted by molar-refractivity contribution is 6.00. The van der Waals surface area contributed by atoms with Gasteiger partial charge in [0.15, 0.2) is 0 Å². The summed E-state index contributed by atoms with van der Waals surface area (Å²) in [5, 5.41) is 0. The van der Waals surface area contributed by atoms with Gasteiger partial charge in [-0.15, -0.1) is 0 Å². The van der Waals surface area contributed by atoms with Gasteiger partial charge in [0.2, 0.25) is 11.8 Å². The van der Waals surface area contributed by atoms with E-state index in [0.717, 1.165) is 17.7 Å². The molecule has 3 unspecified atom stereocenters. The average Bonchev–Trinajstić information content (AvgIpc) is 2.73. The highest BCUT2D eigenvalue weighted by atomic mass is 16.2. The average molecular weight is 365 g/mol. The molecule has 0 saturated carbocycles. The summed E-state index contributed by atoms with van der Waals surface area (Å²) in [6, 6.07) is 18.4. The molecule has 142 valence electrons. The second kappa shape index (κ2) is 8.35. The van der Waals surface area contributed by atoms with Crippen molar-refractivity contribution in [2.75, 3.05) is 18.5 Å². The minimum atomic E-state index is -0.447. The number of nitrogens with zero attached hydrogens (tertiary/aromatic N) is 2. The molecule has 1 aliphatic heterocycles. The number of nitrogens with two attached hydrogens (primary N) is 1. The lowest BCUT2D eigenvalue weighted by Gasteiger charge is -2.38. The van der Waals surface area contributed by atoms with Crippen LogP contribution in [-0.2, 0) is 9.59 Å². The van der Waals surface area contributed by atoms with Crippen molar-refractivity contribution in [2.45, 2.75) is 31.8 Å². The third-order valence-corrected chi connectivity index (χ3v) is 5.41. The lowest BCUT2D eigenvalue weighted by Crippen LogP contribution is -2.54. The Balaban J connectivity index is 1.73. The van der Waals surface area contributed by atoms with E-state index in [1.54, 1.807) is 16.8 Å². The molecule has 1 fully saturated rings. The van der Waals surface area contributed by atoms with Crippen LogP contribution in [0.25, 0.3) is 0 Å². The van der Waals surface area contributed by atoms with Gasteiger partial charge >= 0.3 is 0 Å². The summed E-state index contributed by atoms with van der Waals surface area (Å²) in [4.78, 5) is 29.4. The van der Waals surface area contributed by atoms with Gasteiger partial charge in [0.05, 0.1) is 5.92 Å². The van der Waals surface area contributed by atoms with E-state index in [-0.39, 0.29) is 11.8 Å². The summed E-state index contributed by atoms with van der Waals surface area (Å²) in [6.07, 6.45) is 1.54. The van der Waals surface area contributed by atoms with Crippen molar-refractivity contribution >= 4 is 17.5 Å². The first-order chi connectivity index (χ1) is 13.0. The van der Waals surface area contributed by atoms with Crippen LogP contribution in [0.15, 0.2) is 60.7 Å². The van der Waals surface area contributed by atoms with Gasteiger partial charge in [0.25, 0.3) is 0 Å². The standard InChI is InChI=1S/C22H27N3O2/c1-16(20(23)17-10-5-3-6-11-17)21(26)24(2)19-14-9-15-25(22(19)27)18-12-7-4-8-13-18/h3-8,10-13,16,19-20H,9,14-15,23H2,1-2H3. The number of hydrogen-bond donors (Lipinski definition) is 1. The van der Waals surface area contributed by atoms with Crippen LogP contribution < -0.4 is 10.6 Å². The van der Waals surface area contributed by atoms with Gasteiger partial charge in [-0.1, -0.05) is 55.5 Å². The zero-order valence-corrected chi connectivity index (χ0v) is 15.9. The van der Waals surface area contributed by atoms with Crippen LogP contribution in [0.1, 0.15) is 31.4 Å². The molecule has 3 rings (SSSR count). The number of rotatable bonds is 5. The molecule has 5 heteroatoms. The number of benzene rings is 2. The van der Waals surface area contributed by atoms with Crippen molar-refractivity contribution in [2.24, 2.45) is 11.7 Å². The number of amides is 2. The van der Waals surface area contributed by atoms with Crippen LogP contribution in [-0.4, -0.2) is 36.3 Å². The summed E-state index contributed by atoms with van der Waals surface area (Å²) < 4.78 is 0. The highest BCUT2D eigenvalue weighted by Gasteiger charge is 2.36. The Morgan fingerprint density at radius 1 is 1.11 bits per heavy atom. The molecule has 3 atom stereocenters. The molecule has 0 aliphatic carbocycles. The first-order valence-electron chi connectivity index (χ1n) is 9.44. The molecule has 1 heterocycles. The zero-order chi connectivity index (χ0) is 19.4. The molecule has 2 aromatic carbocycles. The summed E-state index contributed by atoms with van der Waals surface area (Å²) >= 11 is 0. The van der Waals surface area contributed by atoms with E-state index >= 15 is 0 Å². The first kappa shape index (κ1) is 19.1. The predicted molar refractivity (Wildman–Crippen MR) is 107 cm³/mol. The SMILES string of the molecule is CC(C(=O)N(C)C1CCCN(c2ccccc2)C1=O)C(N)c1ccccc1. The van der Waals surface area contributed by atoms with Crippen molar-refractivity contribution in [3.05, 3.63) is 66.2 Å². The number of carbonyl (C=O) groups is 2. The number of piperidine rings is 1. The van der Waals surface area contributed by atoms with E-state index in [2.05, 4.69) is 0 Å². The highest BCUT2D eigenvalue weighted by Crippen LogP contribution is 2.26. The number of carbonyl (C=O) groups excluding carboxylic acids is 2. The Morgan fingerprint density at radius 2 is 1.70 bits per heavy atom. The third kappa shape index (κ3) is 4.03. The fourth-order valence-corrected chi connectivity index (χ4v) is 3.67. The second-order valence-electron chi connectivity index (χ2n) is 7.16. The number of hydrogen-bond acceptors (Lipinski definition) is 3. The summed E-state index contributed by atoms with van der Waals surface area (Å²) in [7, 11) is 1.72. The Morgan fingerprint density at radius 3 is 2.33 bits per heavy atom. The molecule has 5 nitrogen and oxygen atoms in total. The monoisotopic (exact) mass is 365 g/mol. The molecule has 2 N–H and O–H groups in total. The maximum atomic E-state index is 13.0. The summed E-state index contributed by atoms with van der Waals surface area (Å²) in [5.74, 6) is -0.527. The van der Waals surface area contributed by atoms with Crippen LogP contribution in [0.3, 0.4) is 0 Å². The quantitative estimate of drug-likeness (QED) is 0.886. The van der Waals surface area contributed by atoms with Gasteiger partial charge < -0.3 is 15.5 Å². The minimum Gasteiger partial charge on any atom is -0.333 e. The van der Waals surface area contributed by atoms with Gasteiger partial charge in [-0.25, -0.2) is 0 Å². The molecule has 0 spiro atoms. The van der Waals surface area contributed by atoms with Crippen LogP contribution >= 0.6 is 0 Å². The molecule has 1 saturated heterocycles. The van der Waals surface area contributed by atoms with Gasteiger partial charge in [0.1, 0.15) is 6.04 Å². The molecular formula is C22H27N3O2. The zero-order valence-electron chi connectivity index (χ0n) is 15.9. The second-order valence-corrected chi connectivity index (χ2v) is 7.16. The summed E-state index contributed by atoms with van der Waals surface area (Å²) in [6.45, 7) is 2.51. The van der Waals surface area contributed by atoms with Crippen molar-refractivity contribution < 1.29 is 9.59 Å². The van der Waals surface area contributed by atoms with E-state index in [1.165, 1.54) is 0 Å². The van der Waals surface area contributed by atoms with Crippen LogP contribution in [0, 0.1) is 5.92 Å². The van der Waals surface area contributed by atoms with Crippen molar-refractivity contribution in [1.82, 2.24) is 4.90 Å². The summed E-state index contributed by atoms with van der Waals surface area (Å²) in [5.41, 5.74) is 8.12.